The third-order valence-corrected chi connectivity index (χ3v) is 3.74. The van der Waals surface area contributed by atoms with Gasteiger partial charge in [0, 0.05) is 0 Å². The van der Waals surface area contributed by atoms with Crippen LogP contribution in [0.5, 0.6) is 0 Å². The van der Waals surface area contributed by atoms with Crippen molar-refractivity contribution in [2.45, 2.75) is 45.6 Å². The smallest absolute Gasteiger partial charge is 0.0576 e. The Bertz CT molecular complexity index is 162. The number of aliphatic hydroxyl groups is 1. The average molecular weight is 154 g/mol. The van der Waals surface area contributed by atoms with Gasteiger partial charge in [0.2, 0.25) is 0 Å². The molecule has 0 saturated heterocycles. The van der Waals surface area contributed by atoms with Gasteiger partial charge < -0.3 is 5.11 Å². The minimum Gasteiger partial charge on any atom is -0.393 e. The topological polar surface area (TPSA) is 20.2 Å². The summed E-state index contributed by atoms with van der Waals surface area (Å²) < 4.78 is 0. The summed E-state index contributed by atoms with van der Waals surface area (Å²) in [5, 5.41) is 9.73. The van der Waals surface area contributed by atoms with Crippen molar-refractivity contribution in [1.29, 1.82) is 0 Å². The molecule has 1 nitrogen and oxygen atoms in total. The Balaban J connectivity index is 2.20. The quantitative estimate of drug-likeness (QED) is 0.567. The van der Waals surface area contributed by atoms with Gasteiger partial charge in [-0.05, 0) is 42.9 Å². The third-order valence-electron chi connectivity index (χ3n) is 3.74. The number of hydrogen-bond donors (Lipinski definition) is 1. The van der Waals surface area contributed by atoms with Crippen molar-refractivity contribution in [2.75, 3.05) is 0 Å². The van der Waals surface area contributed by atoms with Crippen molar-refractivity contribution >= 4 is 0 Å². The van der Waals surface area contributed by atoms with Crippen molar-refractivity contribution in [1.82, 2.24) is 0 Å². The minimum atomic E-state index is 0.0116. The Kier molecular flexibility index (Phi) is 1.54. The predicted molar refractivity (Wildman–Crippen MR) is 45.2 cm³/mol. The van der Waals surface area contributed by atoms with E-state index in [1.54, 1.807) is 0 Å². The van der Waals surface area contributed by atoms with E-state index in [0.717, 1.165) is 12.3 Å². The predicted octanol–water partition coefficient (Wildman–Crippen LogP) is 2.19. The molecule has 0 radical (unpaired) electrons. The van der Waals surface area contributed by atoms with Crippen molar-refractivity contribution in [3.8, 4) is 0 Å². The summed E-state index contributed by atoms with van der Waals surface area (Å²) in [4.78, 5) is 0. The fraction of sp³-hybridized carbons (Fsp3) is 1.00. The lowest BCUT2D eigenvalue weighted by molar-refractivity contribution is -0.0755. The van der Waals surface area contributed by atoms with Crippen LogP contribution in [0.25, 0.3) is 0 Å². The molecule has 3 fully saturated rings. The molecule has 3 saturated carbocycles. The normalized spacial score (nSPS) is 47.7. The molecule has 2 bridgehead atoms. The lowest BCUT2D eigenvalue weighted by Crippen LogP contribution is -2.46. The van der Waals surface area contributed by atoms with E-state index in [9.17, 15) is 5.11 Å². The third kappa shape index (κ3) is 1.10. The molecule has 0 aromatic carbocycles. The summed E-state index contributed by atoms with van der Waals surface area (Å²) >= 11 is 0. The van der Waals surface area contributed by atoms with E-state index in [0.29, 0.717) is 11.3 Å². The van der Waals surface area contributed by atoms with Crippen molar-refractivity contribution in [3.63, 3.8) is 0 Å². The van der Waals surface area contributed by atoms with Gasteiger partial charge in [0.05, 0.1) is 6.10 Å². The molecule has 0 aliphatic heterocycles. The molecular formula is C10H18O. The van der Waals surface area contributed by atoms with Crippen LogP contribution < -0.4 is 0 Å². The van der Waals surface area contributed by atoms with Crippen LogP contribution in [0.3, 0.4) is 0 Å². The second-order valence-corrected chi connectivity index (χ2v) is 5.05. The molecule has 0 amide bonds. The Morgan fingerprint density at radius 1 is 1.27 bits per heavy atom. The number of fused-ring (bicyclic) bond motifs is 3. The van der Waals surface area contributed by atoms with Gasteiger partial charge in [-0.1, -0.05) is 13.8 Å². The summed E-state index contributed by atoms with van der Waals surface area (Å²) in [6, 6.07) is 0. The first-order chi connectivity index (χ1) is 5.09. The summed E-state index contributed by atoms with van der Waals surface area (Å²) in [5.41, 5.74) is 0.417. The van der Waals surface area contributed by atoms with Crippen molar-refractivity contribution < 1.29 is 5.11 Å². The lowest BCUT2D eigenvalue weighted by Gasteiger charge is -2.50. The molecule has 3 aliphatic carbocycles. The molecule has 0 heterocycles. The maximum Gasteiger partial charge on any atom is 0.0576 e. The first kappa shape index (κ1) is 7.60. The summed E-state index contributed by atoms with van der Waals surface area (Å²) in [7, 11) is 0. The minimum absolute atomic E-state index is 0.0116. The fourth-order valence-electron chi connectivity index (χ4n) is 3.22. The van der Waals surface area contributed by atoms with E-state index in [1.165, 1.54) is 19.3 Å². The first-order valence-corrected chi connectivity index (χ1v) is 4.78. The van der Waals surface area contributed by atoms with Gasteiger partial charge in [0.15, 0.2) is 0 Å². The summed E-state index contributed by atoms with van der Waals surface area (Å²) in [6.07, 6.45) is 5.06. The van der Waals surface area contributed by atoms with E-state index >= 15 is 0 Å². The Hall–Kier alpha value is -0.0400. The molecule has 0 aromatic heterocycles. The zero-order chi connectivity index (χ0) is 8.06. The van der Waals surface area contributed by atoms with Crippen LogP contribution in [0.15, 0.2) is 0 Å². The van der Waals surface area contributed by atoms with Crippen LogP contribution >= 0.6 is 0 Å². The summed E-state index contributed by atoms with van der Waals surface area (Å²) in [5.74, 6) is 1.41. The largest absolute Gasteiger partial charge is 0.393 e. The second kappa shape index (κ2) is 2.22. The van der Waals surface area contributed by atoms with Gasteiger partial charge in [0.25, 0.3) is 0 Å². The molecule has 3 aliphatic rings. The molecule has 1 heteroatoms. The zero-order valence-electron chi connectivity index (χ0n) is 7.51. The molecule has 1 N–H and O–H groups in total. The first-order valence-electron chi connectivity index (χ1n) is 4.78. The molecule has 11 heavy (non-hydrogen) atoms. The van der Waals surface area contributed by atoms with Crippen LogP contribution in [0.2, 0.25) is 0 Å². The van der Waals surface area contributed by atoms with Gasteiger partial charge in [0.1, 0.15) is 0 Å². The molecule has 0 spiro atoms. The zero-order valence-corrected chi connectivity index (χ0v) is 7.51. The maximum absolute atomic E-state index is 9.73. The highest BCUT2D eigenvalue weighted by atomic mass is 16.3. The fourth-order valence-corrected chi connectivity index (χ4v) is 3.22. The second-order valence-electron chi connectivity index (χ2n) is 5.05. The Morgan fingerprint density at radius 3 is 2.36 bits per heavy atom. The van der Waals surface area contributed by atoms with E-state index in [1.807, 2.05) is 0 Å². The van der Waals surface area contributed by atoms with Gasteiger partial charge in [-0.3, -0.25) is 0 Å². The Morgan fingerprint density at radius 2 is 2.00 bits per heavy atom. The van der Waals surface area contributed by atoms with E-state index in [2.05, 4.69) is 13.8 Å². The highest BCUT2D eigenvalue weighted by molar-refractivity contribution is 4.96. The van der Waals surface area contributed by atoms with Gasteiger partial charge in [-0.2, -0.15) is 0 Å². The van der Waals surface area contributed by atoms with Crippen LogP contribution in [0, 0.1) is 17.3 Å². The van der Waals surface area contributed by atoms with E-state index in [-0.39, 0.29) is 6.10 Å². The molecule has 64 valence electrons. The van der Waals surface area contributed by atoms with Crippen molar-refractivity contribution in [2.24, 2.45) is 17.3 Å². The number of rotatable bonds is 0. The number of hydrogen-bond acceptors (Lipinski definition) is 1. The summed E-state index contributed by atoms with van der Waals surface area (Å²) in [6.45, 7) is 4.62. The number of aliphatic hydroxyl groups excluding tert-OH is 1. The molecule has 0 aromatic rings. The van der Waals surface area contributed by atoms with Crippen molar-refractivity contribution in [3.05, 3.63) is 0 Å². The van der Waals surface area contributed by atoms with Crippen LogP contribution in [-0.2, 0) is 0 Å². The van der Waals surface area contributed by atoms with Gasteiger partial charge >= 0.3 is 0 Å². The standard InChI is InChI=1S/C10H18O/c1-10(2)6-7-3-4-8(10)9(11)5-7/h7-9,11H,3-6H2,1-2H3. The van der Waals surface area contributed by atoms with E-state index < -0.39 is 0 Å². The highest BCUT2D eigenvalue weighted by Gasteiger charge is 2.45. The maximum atomic E-state index is 9.73. The monoisotopic (exact) mass is 154 g/mol. The SMILES string of the molecule is CC1(C)CC2CCC1C(O)C2. The Labute approximate surface area is 68.8 Å². The van der Waals surface area contributed by atoms with Crippen LogP contribution in [0.1, 0.15) is 39.5 Å². The average Bonchev–Trinajstić information content (AvgIpc) is 1.83. The molecule has 3 atom stereocenters. The molecule has 3 rings (SSSR count). The van der Waals surface area contributed by atoms with Crippen LogP contribution in [0.4, 0.5) is 0 Å². The van der Waals surface area contributed by atoms with Crippen LogP contribution in [-0.4, -0.2) is 11.2 Å². The van der Waals surface area contributed by atoms with E-state index in [4.69, 9.17) is 0 Å². The molecule has 3 unspecified atom stereocenters. The lowest BCUT2D eigenvalue weighted by atomic mass is 9.56. The molecular weight excluding hydrogens is 136 g/mol. The highest BCUT2D eigenvalue weighted by Crippen LogP contribution is 2.51. The van der Waals surface area contributed by atoms with Gasteiger partial charge in [-0.15, -0.1) is 0 Å². The van der Waals surface area contributed by atoms with Gasteiger partial charge in [-0.25, -0.2) is 0 Å².